The van der Waals surface area contributed by atoms with Gasteiger partial charge in [0, 0.05) is 19.7 Å². The predicted molar refractivity (Wildman–Crippen MR) is 79.7 cm³/mol. The third-order valence-corrected chi connectivity index (χ3v) is 3.24. The molecular weight excluding hydrogens is 254 g/mol. The Labute approximate surface area is 121 Å². The van der Waals surface area contributed by atoms with Crippen molar-refractivity contribution in [2.75, 3.05) is 26.8 Å². The zero-order valence-corrected chi connectivity index (χ0v) is 12.6. The molecule has 0 radical (unpaired) electrons. The first-order valence-electron chi connectivity index (χ1n) is 7.04. The molecular formula is C16H25NO3. The fourth-order valence-electron chi connectivity index (χ4n) is 2.35. The Balaban J connectivity index is 2.94. The third-order valence-electron chi connectivity index (χ3n) is 3.24. The van der Waals surface area contributed by atoms with Crippen molar-refractivity contribution in [2.24, 2.45) is 5.92 Å². The number of nitrogens with zero attached hydrogens (tertiary/aromatic N) is 1. The van der Waals surface area contributed by atoms with Gasteiger partial charge in [-0.15, -0.1) is 0 Å². The number of hydrogen-bond donors (Lipinski definition) is 1. The summed E-state index contributed by atoms with van der Waals surface area (Å²) in [6.45, 7) is 5.51. The van der Waals surface area contributed by atoms with E-state index in [2.05, 4.69) is 26.0 Å². The molecule has 20 heavy (non-hydrogen) atoms. The quantitative estimate of drug-likeness (QED) is 0.755. The molecule has 0 aromatic heterocycles. The number of ether oxygens (including phenoxy) is 1. The number of hydrogen-bond acceptors (Lipinski definition) is 3. The summed E-state index contributed by atoms with van der Waals surface area (Å²) in [5.74, 6) is -0.301. The van der Waals surface area contributed by atoms with E-state index >= 15 is 0 Å². The van der Waals surface area contributed by atoms with E-state index in [4.69, 9.17) is 9.84 Å². The van der Waals surface area contributed by atoms with Gasteiger partial charge in [0.1, 0.15) is 0 Å². The van der Waals surface area contributed by atoms with Crippen LogP contribution in [0.15, 0.2) is 30.3 Å². The number of carboxylic acids is 1. The highest BCUT2D eigenvalue weighted by molar-refractivity contribution is 5.69. The number of methoxy groups -OCH3 is 1. The average Bonchev–Trinajstić information content (AvgIpc) is 2.41. The monoisotopic (exact) mass is 279 g/mol. The van der Waals surface area contributed by atoms with E-state index in [0.717, 1.165) is 6.42 Å². The van der Waals surface area contributed by atoms with E-state index in [1.54, 1.807) is 7.11 Å². The highest BCUT2D eigenvalue weighted by Gasteiger charge is 2.23. The Morgan fingerprint density at radius 2 is 1.95 bits per heavy atom. The van der Waals surface area contributed by atoms with Crippen LogP contribution in [-0.2, 0) is 9.53 Å². The van der Waals surface area contributed by atoms with E-state index < -0.39 is 5.97 Å². The molecule has 0 saturated carbocycles. The molecule has 1 aromatic carbocycles. The minimum atomic E-state index is -0.800. The molecule has 1 atom stereocenters. The van der Waals surface area contributed by atoms with Gasteiger partial charge < -0.3 is 9.84 Å². The first-order valence-corrected chi connectivity index (χ1v) is 7.04. The molecule has 0 aliphatic heterocycles. The normalized spacial score (nSPS) is 12.8. The molecule has 0 aliphatic rings. The SMILES string of the molecule is COCCN(CC(=O)O)C(CC(C)C)c1ccccc1. The Morgan fingerprint density at radius 1 is 1.30 bits per heavy atom. The van der Waals surface area contributed by atoms with Crippen LogP contribution in [0.3, 0.4) is 0 Å². The fourth-order valence-corrected chi connectivity index (χ4v) is 2.35. The van der Waals surface area contributed by atoms with Gasteiger partial charge in [0.05, 0.1) is 13.2 Å². The summed E-state index contributed by atoms with van der Waals surface area (Å²) < 4.78 is 5.11. The van der Waals surface area contributed by atoms with Gasteiger partial charge in [-0.05, 0) is 17.9 Å². The first kappa shape index (κ1) is 16.7. The maximum atomic E-state index is 11.1. The summed E-state index contributed by atoms with van der Waals surface area (Å²) >= 11 is 0. The van der Waals surface area contributed by atoms with Gasteiger partial charge in [0.25, 0.3) is 0 Å². The topological polar surface area (TPSA) is 49.8 Å². The van der Waals surface area contributed by atoms with Crippen molar-refractivity contribution >= 4 is 5.97 Å². The number of carbonyl (C=O) groups is 1. The molecule has 0 amide bonds. The van der Waals surface area contributed by atoms with E-state index in [1.807, 2.05) is 23.1 Å². The second-order valence-corrected chi connectivity index (χ2v) is 5.41. The minimum Gasteiger partial charge on any atom is -0.480 e. The van der Waals surface area contributed by atoms with Crippen molar-refractivity contribution in [2.45, 2.75) is 26.3 Å². The summed E-state index contributed by atoms with van der Waals surface area (Å²) in [6.07, 6.45) is 0.932. The lowest BCUT2D eigenvalue weighted by molar-refractivity contribution is -0.139. The second kappa shape index (κ2) is 8.72. The van der Waals surface area contributed by atoms with Crippen molar-refractivity contribution in [1.82, 2.24) is 4.90 Å². The van der Waals surface area contributed by atoms with Gasteiger partial charge in [-0.2, -0.15) is 0 Å². The number of aliphatic carboxylic acids is 1. The lowest BCUT2D eigenvalue weighted by atomic mass is 9.95. The van der Waals surface area contributed by atoms with Crippen molar-refractivity contribution in [3.63, 3.8) is 0 Å². The third kappa shape index (κ3) is 5.72. The molecule has 112 valence electrons. The van der Waals surface area contributed by atoms with Crippen LogP contribution in [0.2, 0.25) is 0 Å². The molecule has 1 aromatic rings. The summed E-state index contributed by atoms with van der Waals surface area (Å²) in [4.78, 5) is 13.1. The van der Waals surface area contributed by atoms with E-state index in [0.29, 0.717) is 19.1 Å². The highest BCUT2D eigenvalue weighted by Crippen LogP contribution is 2.27. The molecule has 0 saturated heterocycles. The average molecular weight is 279 g/mol. The van der Waals surface area contributed by atoms with Crippen LogP contribution in [0, 0.1) is 5.92 Å². The number of benzene rings is 1. The summed E-state index contributed by atoms with van der Waals surface area (Å²) in [5.41, 5.74) is 1.17. The smallest absolute Gasteiger partial charge is 0.317 e. The van der Waals surface area contributed by atoms with Crippen molar-refractivity contribution in [1.29, 1.82) is 0 Å². The Hall–Kier alpha value is -1.39. The molecule has 1 unspecified atom stereocenters. The lowest BCUT2D eigenvalue weighted by Crippen LogP contribution is -2.36. The predicted octanol–water partition coefficient (Wildman–Crippen LogP) is 2.81. The maximum Gasteiger partial charge on any atom is 0.317 e. The van der Waals surface area contributed by atoms with E-state index in [9.17, 15) is 4.79 Å². The van der Waals surface area contributed by atoms with Gasteiger partial charge in [0.15, 0.2) is 0 Å². The van der Waals surface area contributed by atoms with Crippen molar-refractivity contribution in [3.05, 3.63) is 35.9 Å². The Kier molecular flexibility index (Phi) is 7.26. The zero-order chi connectivity index (χ0) is 15.0. The van der Waals surface area contributed by atoms with Crippen LogP contribution < -0.4 is 0 Å². The zero-order valence-electron chi connectivity index (χ0n) is 12.6. The van der Waals surface area contributed by atoms with E-state index in [1.165, 1.54) is 5.56 Å². The minimum absolute atomic E-state index is 0.0373. The largest absolute Gasteiger partial charge is 0.480 e. The Morgan fingerprint density at radius 3 is 2.45 bits per heavy atom. The molecule has 0 spiro atoms. The van der Waals surface area contributed by atoms with Gasteiger partial charge in [-0.3, -0.25) is 9.69 Å². The summed E-state index contributed by atoms with van der Waals surface area (Å²) in [5, 5.41) is 9.13. The summed E-state index contributed by atoms with van der Waals surface area (Å²) in [7, 11) is 1.64. The van der Waals surface area contributed by atoms with Crippen LogP contribution in [0.1, 0.15) is 31.9 Å². The first-order chi connectivity index (χ1) is 9.54. The summed E-state index contributed by atoms with van der Waals surface area (Å²) in [6, 6.07) is 10.2. The van der Waals surface area contributed by atoms with Crippen molar-refractivity contribution < 1.29 is 14.6 Å². The van der Waals surface area contributed by atoms with Crippen LogP contribution >= 0.6 is 0 Å². The molecule has 0 aliphatic carbocycles. The molecule has 0 heterocycles. The molecule has 0 bridgehead atoms. The molecule has 0 fully saturated rings. The van der Waals surface area contributed by atoms with E-state index in [-0.39, 0.29) is 12.6 Å². The van der Waals surface area contributed by atoms with Crippen LogP contribution in [0.25, 0.3) is 0 Å². The molecule has 1 N–H and O–H groups in total. The standard InChI is InChI=1S/C16H25NO3/c1-13(2)11-15(14-7-5-4-6-8-14)17(9-10-20-3)12-16(18)19/h4-8,13,15H,9-12H2,1-3H3,(H,18,19). The van der Waals surface area contributed by atoms with Gasteiger partial charge in [0.2, 0.25) is 0 Å². The van der Waals surface area contributed by atoms with Gasteiger partial charge in [-0.1, -0.05) is 44.2 Å². The number of rotatable bonds is 9. The second-order valence-electron chi connectivity index (χ2n) is 5.41. The van der Waals surface area contributed by atoms with Crippen LogP contribution in [0.4, 0.5) is 0 Å². The fraction of sp³-hybridized carbons (Fsp3) is 0.562. The Bertz CT molecular complexity index is 392. The molecule has 4 heteroatoms. The lowest BCUT2D eigenvalue weighted by Gasteiger charge is -2.32. The maximum absolute atomic E-state index is 11.1. The molecule has 1 rings (SSSR count). The number of carboxylic acid groups (broad SMARTS) is 1. The van der Waals surface area contributed by atoms with Gasteiger partial charge >= 0.3 is 5.97 Å². The van der Waals surface area contributed by atoms with Crippen LogP contribution in [0.5, 0.6) is 0 Å². The molecule has 4 nitrogen and oxygen atoms in total. The van der Waals surface area contributed by atoms with Crippen molar-refractivity contribution in [3.8, 4) is 0 Å². The highest BCUT2D eigenvalue weighted by atomic mass is 16.5. The van der Waals surface area contributed by atoms with Crippen LogP contribution in [-0.4, -0.2) is 42.8 Å². The van der Waals surface area contributed by atoms with Gasteiger partial charge in [-0.25, -0.2) is 0 Å².